The first-order valence-electron chi connectivity index (χ1n) is 8.04. The fourth-order valence-electron chi connectivity index (χ4n) is 4.03. The largest absolute Gasteiger partial charge is 0.481 e. The monoisotopic (exact) mass is 313 g/mol. The maximum atomic E-state index is 13.1. The van der Waals surface area contributed by atoms with Crippen molar-refractivity contribution in [2.45, 2.75) is 32.0 Å². The smallest absolute Gasteiger partial charge is 0.310 e. The zero-order valence-corrected chi connectivity index (χ0v) is 12.9. The molecule has 0 radical (unpaired) electrons. The Morgan fingerprint density at radius 1 is 1.22 bits per heavy atom. The van der Waals surface area contributed by atoms with E-state index in [0.29, 0.717) is 6.54 Å². The Morgan fingerprint density at radius 3 is 2.70 bits per heavy atom. The molecule has 5 nitrogen and oxygen atoms in total. The molecule has 3 aliphatic heterocycles. The molecule has 0 aliphatic carbocycles. The van der Waals surface area contributed by atoms with Crippen molar-refractivity contribution in [2.24, 2.45) is 11.8 Å². The van der Waals surface area contributed by atoms with Crippen LogP contribution in [0, 0.1) is 18.8 Å². The van der Waals surface area contributed by atoms with Gasteiger partial charge in [0.2, 0.25) is 5.91 Å². The lowest BCUT2D eigenvalue weighted by Gasteiger charge is -2.33. The van der Waals surface area contributed by atoms with E-state index in [0.717, 1.165) is 24.1 Å². The van der Waals surface area contributed by atoms with Crippen molar-refractivity contribution >= 4 is 17.6 Å². The van der Waals surface area contributed by atoms with Gasteiger partial charge in [-0.15, -0.1) is 0 Å². The lowest BCUT2D eigenvalue weighted by atomic mass is 9.81. The van der Waals surface area contributed by atoms with Gasteiger partial charge >= 0.3 is 5.97 Å². The van der Waals surface area contributed by atoms with Crippen LogP contribution in [0.1, 0.15) is 17.5 Å². The Balaban J connectivity index is 1.68. The molecule has 4 unspecified atom stereocenters. The van der Waals surface area contributed by atoms with Crippen molar-refractivity contribution in [3.05, 3.63) is 41.5 Å². The van der Waals surface area contributed by atoms with Gasteiger partial charge in [0.15, 0.2) is 0 Å². The van der Waals surface area contributed by atoms with E-state index < -0.39 is 30.0 Å². The number of carbonyl (C=O) groups is 2. The van der Waals surface area contributed by atoms with Gasteiger partial charge in [-0.1, -0.05) is 29.8 Å². The molecule has 3 aliphatic rings. The van der Waals surface area contributed by atoms with E-state index in [1.54, 1.807) is 11.0 Å². The Bertz CT molecular complexity index is 711. The third-order valence-corrected chi connectivity index (χ3v) is 5.09. The molecule has 1 N–H and O–H groups in total. The van der Waals surface area contributed by atoms with Crippen molar-refractivity contribution in [1.29, 1.82) is 0 Å². The van der Waals surface area contributed by atoms with Crippen molar-refractivity contribution in [3.8, 4) is 0 Å². The second-order valence-corrected chi connectivity index (χ2v) is 6.57. The van der Waals surface area contributed by atoms with Gasteiger partial charge < -0.3 is 14.7 Å². The molecular weight excluding hydrogens is 294 g/mol. The third kappa shape index (κ3) is 2.18. The number of ether oxygens (including phenoxy) is 1. The van der Waals surface area contributed by atoms with Crippen molar-refractivity contribution < 1.29 is 19.4 Å². The second kappa shape index (κ2) is 5.20. The highest BCUT2D eigenvalue weighted by atomic mass is 16.5. The fraction of sp³-hybridized carbons (Fsp3) is 0.444. The van der Waals surface area contributed by atoms with Crippen LogP contribution < -0.4 is 4.90 Å². The van der Waals surface area contributed by atoms with E-state index in [1.807, 2.05) is 25.1 Å². The summed E-state index contributed by atoms with van der Waals surface area (Å²) in [5, 5.41) is 9.50. The van der Waals surface area contributed by atoms with E-state index in [9.17, 15) is 14.7 Å². The molecule has 1 saturated heterocycles. The zero-order chi connectivity index (χ0) is 16.1. The van der Waals surface area contributed by atoms with E-state index >= 15 is 0 Å². The summed E-state index contributed by atoms with van der Waals surface area (Å²) in [5.41, 5.74) is 3.26. The number of aryl methyl sites for hydroxylation is 2. The molecule has 0 saturated carbocycles. The van der Waals surface area contributed by atoms with Crippen LogP contribution in [-0.2, 0) is 20.7 Å². The standard InChI is InChI=1S/C18H19NO4/c1-10-4-5-12-11(9-10)3-2-8-19(12)17(20)15-13-6-7-14(23-13)16(15)18(21)22/h4-7,9,13-16H,2-3,8H2,1H3,(H,21,22). The number of hydrogen-bond acceptors (Lipinski definition) is 3. The van der Waals surface area contributed by atoms with E-state index in [1.165, 1.54) is 5.56 Å². The maximum absolute atomic E-state index is 13.1. The van der Waals surface area contributed by atoms with E-state index in [4.69, 9.17) is 4.74 Å². The van der Waals surface area contributed by atoms with Gasteiger partial charge in [-0.2, -0.15) is 0 Å². The number of anilines is 1. The van der Waals surface area contributed by atoms with Crippen LogP contribution in [-0.4, -0.2) is 35.7 Å². The summed E-state index contributed by atoms with van der Waals surface area (Å²) in [6, 6.07) is 6.08. The Labute approximate surface area is 134 Å². The Hall–Kier alpha value is -2.14. The minimum absolute atomic E-state index is 0.126. The normalized spacial score (nSPS) is 31.3. The van der Waals surface area contributed by atoms with Crippen LogP contribution in [0.5, 0.6) is 0 Å². The number of carboxylic acids is 1. The van der Waals surface area contributed by atoms with Crippen LogP contribution in [0.15, 0.2) is 30.4 Å². The first-order chi connectivity index (χ1) is 11.1. The predicted octanol–water partition coefficient (Wildman–Crippen LogP) is 1.93. The molecule has 4 rings (SSSR count). The molecule has 2 bridgehead atoms. The number of aliphatic carboxylic acids is 1. The summed E-state index contributed by atoms with van der Waals surface area (Å²) in [6.45, 7) is 2.68. The number of carbonyl (C=O) groups excluding carboxylic acids is 1. The summed E-state index contributed by atoms with van der Waals surface area (Å²) in [4.78, 5) is 26.5. The number of hydrogen-bond donors (Lipinski definition) is 1. The third-order valence-electron chi connectivity index (χ3n) is 5.09. The molecule has 0 spiro atoms. The summed E-state index contributed by atoms with van der Waals surface area (Å²) >= 11 is 0. The summed E-state index contributed by atoms with van der Waals surface area (Å²) in [7, 11) is 0. The molecule has 1 aromatic rings. The number of rotatable bonds is 2. The average molecular weight is 313 g/mol. The highest BCUT2D eigenvalue weighted by Crippen LogP contribution is 2.41. The minimum atomic E-state index is -0.957. The molecule has 23 heavy (non-hydrogen) atoms. The number of fused-ring (bicyclic) bond motifs is 3. The second-order valence-electron chi connectivity index (χ2n) is 6.57. The quantitative estimate of drug-likeness (QED) is 0.847. The molecule has 1 fully saturated rings. The number of nitrogens with zero attached hydrogens (tertiary/aromatic N) is 1. The molecule has 3 heterocycles. The van der Waals surface area contributed by atoms with Crippen LogP contribution >= 0.6 is 0 Å². The fourth-order valence-corrected chi connectivity index (χ4v) is 4.03. The van der Waals surface area contributed by atoms with Crippen LogP contribution in [0.4, 0.5) is 5.69 Å². The lowest BCUT2D eigenvalue weighted by Crippen LogP contribution is -2.46. The van der Waals surface area contributed by atoms with Crippen molar-refractivity contribution in [2.75, 3.05) is 11.4 Å². The summed E-state index contributed by atoms with van der Waals surface area (Å²) in [5.74, 6) is -2.50. The van der Waals surface area contributed by atoms with Crippen LogP contribution in [0.2, 0.25) is 0 Å². The van der Waals surface area contributed by atoms with Gasteiger partial charge in [-0.05, 0) is 31.4 Å². The molecule has 120 valence electrons. The van der Waals surface area contributed by atoms with Crippen LogP contribution in [0.3, 0.4) is 0 Å². The molecule has 1 amide bonds. The van der Waals surface area contributed by atoms with Crippen molar-refractivity contribution in [3.63, 3.8) is 0 Å². The average Bonchev–Trinajstić information content (AvgIpc) is 3.14. The highest BCUT2D eigenvalue weighted by Gasteiger charge is 2.54. The van der Waals surface area contributed by atoms with Gasteiger partial charge in [0, 0.05) is 12.2 Å². The highest BCUT2D eigenvalue weighted by molar-refractivity contribution is 5.99. The SMILES string of the molecule is Cc1ccc2c(c1)CCCN2C(=O)C1C2C=CC(O2)C1C(=O)O. The molecule has 1 aromatic carbocycles. The van der Waals surface area contributed by atoms with Gasteiger partial charge in [0.1, 0.15) is 5.92 Å². The topological polar surface area (TPSA) is 66.8 Å². The Kier molecular flexibility index (Phi) is 3.27. The molecule has 4 atom stereocenters. The molecule has 5 heteroatoms. The van der Waals surface area contributed by atoms with Gasteiger partial charge in [0.25, 0.3) is 0 Å². The van der Waals surface area contributed by atoms with Gasteiger partial charge in [-0.25, -0.2) is 0 Å². The predicted molar refractivity (Wildman–Crippen MR) is 84.3 cm³/mol. The first-order valence-corrected chi connectivity index (χ1v) is 8.04. The van der Waals surface area contributed by atoms with E-state index in [-0.39, 0.29) is 5.91 Å². The molecular formula is C18H19NO4. The van der Waals surface area contributed by atoms with Gasteiger partial charge in [0.05, 0.1) is 18.1 Å². The zero-order valence-electron chi connectivity index (χ0n) is 12.9. The first kappa shape index (κ1) is 14.5. The molecule has 0 aromatic heterocycles. The van der Waals surface area contributed by atoms with Crippen molar-refractivity contribution in [1.82, 2.24) is 0 Å². The number of amides is 1. The van der Waals surface area contributed by atoms with Crippen LogP contribution in [0.25, 0.3) is 0 Å². The minimum Gasteiger partial charge on any atom is -0.481 e. The summed E-state index contributed by atoms with van der Waals surface area (Å²) < 4.78 is 5.64. The Morgan fingerprint density at radius 2 is 1.96 bits per heavy atom. The maximum Gasteiger partial charge on any atom is 0.310 e. The lowest BCUT2D eigenvalue weighted by molar-refractivity contribution is -0.146. The number of benzene rings is 1. The summed E-state index contributed by atoms with van der Waals surface area (Å²) in [6.07, 6.45) is 4.55. The van der Waals surface area contributed by atoms with Gasteiger partial charge in [-0.3, -0.25) is 9.59 Å². The van der Waals surface area contributed by atoms with E-state index in [2.05, 4.69) is 6.07 Å². The number of carboxylic acid groups (broad SMARTS) is 1.